The van der Waals surface area contributed by atoms with Gasteiger partial charge in [0.2, 0.25) is 0 Å². The molecule has 2 heterocycles. The molecule has 0 aliphatic rings. The summed E-state index contributed by atoms with van der Waals surface area (Å²) in [6, 6.07) is 14.2. The molecule has 21 heavy (non-hydrogen) atoms. The zero-order valence-electron chi connectivity index (χ0n) is 12.2. The molecule has 108 valence electrons. The molecule has 0 atom stereocenters. The first-order valence-corrected chi connectivity index (χ1v) is 7.73. The second-order valence-corrected chi connectivity index (χ2v) is 5.99. The maximum absolute atomic E-state index is 5.20. The summed E-state index contributed by atoms with van der Waals surface area (Å²) in [6.45, 7) is 4.18. The Bertz CT molecular complexity index is 752. The van der Waals surface area contributed by atoms with Gasteiger partial charge in [0.25, 0.3) is 0 Å². The Kier molecular flexibility index (Phi) is 3.75. The van der Waals surface area contributed by atoms with Crippen LogP contribution in [0, 0.1) is 17.5 Å². The number of ether oxygens (including phenoxy) is 1. The highest BCUT2D eigenvalue weighted by atomic mass is 127. The molecule has 0 aliphatic carbocycles. The molecule has 0 radical (unpaired) electrons. The van der Waals surface area contributed by atoms with E-state index in [9.17, 15) is 0 Å². The minimum atomic E-state index is 0.846. The number of hydrogen-bond acceptors (Lipinski definition) is 2. The minimum Gasteiger partial charge on any atom is -0.497 e. The SMILES string of the molecule is COc1ccc(-n2nc(-n3c(C)ccc3C)cc2I)cc1. The van der Waals surface area contributed by atoms with Gasteiger partial charge in [-0.25, -0.2) is 4.68 Å². The van der Waals surface area contributed by atoms with Crippen molar-refractivity contribution in [2.24, 2.45) is 0 Å². The van der Waals surface area contributed by atoms with Crippen LogP contribution in [-0.2, 0) is 0 Å². The van der Waals surface area contributed by atoms with Gasteiger partial charge in [0.05, 0.1) is 12.8 Å². The van der Waals surface area contributed by atoms with Gasteiger partial charge in [-0.05, 0) is 72.8 Å². The third-order valence-corrected chi connectivity index (χ3v) is 4.24. The molecular formula is C16H16IN3O. The largest absolute Gasteiger partial charge is 0.497 e. The number of hydrogen-bond donors (Lipinski definition) is 0. The first-order chi connectivity index (χ1) is 10.1. The quantitative estimate of drug-likeness (QED) is 0.633. The fourth-order valence-corrected chi connectivity index (χ4v) is 3.06. The van der Waals surface area contributed by atoms with E-state index in [0.29, 0.717) is 0 Å². The van der Waals surface area contributed by atoms with Gasteiger partial charge in [0, 0.05) is 17.5 Å². The molecule has 0 amide bonds. The van der Waals surface area contributed by atoms with Crippen molar-refractivity contribution in [1.29, 1.82) is 0 Å². The molecule has 2 aromatic heterocycles. The topological polar surface area (TPSA) is 32.0 Å². The number of rotatable bonds is 3. The molecule has 0 aliphatic heterocycles. The molecule has 1 aromatic carbocycles. The van der Waals surface area contributed by atoms with Gasteiger partial charge < -0.3 is 9.30 Å². The Morgan fingerprint density at radius 3 is 2.19 bits per heavy atom. The summed E-state index contributed by atoms with van der Waals surface area (Å²) in [7, 11) is 1.67. The lowest BCUT2D eigenvalue weighted by Gasteiger charge is -2.06. The van der Waals surface area contributed by atoms with Gasteiger partial charge in [0.15, 0.2) is 5.82 Å². The van der Waals surface area contributed by atoms with Crippen molar-refractivity contribution < 1.29 is 4.74 Å². The number of aromatic nitrogens is 3. The lowest BCUT2D eigenvalue weighted by Crippen LogP contribution is -2.02. The Labute approximate surface area is 137 Å². The van der Waals surface area contributed by atoms with Crippen molar-refractivity contribution in [3.63, 3.8) is 0 Å². The van der Waals surface area contributed by atoms with Crippen LogP contribution in [0.1, 0.15) is 11.4 Å². The zero-order valence-corrected chi connectivity index (χ0v) is 14.3. The number of benzene rings is 1. The first kappa shape index (κ1) is 14.2. The van der Waals surface area contributed by atoms with Crippen LogP contribution in [0.2, 0.25) is 0 Å². The summed E-state index contributed by atoms with van der Waals surface area (Å²) in [5.74, 6) is 1.79. The fraction of sp³-hybridized carbons (Fsp3) is 0.188. The summed E-state index contributed by atoms with van der Waals surface area (Å²) in [4.78, 5) is 0. The molecule has 3 rings (SSSR count). The normalized spacial score (nSPS) is 10.9. The van der Waals surface area contributed by atoms with Crippen LogP contribution in [-0.4, -0.2) is 21.5 Å². The van der Waals surface area contributed by atoms with Gasteiger partial charge in [-0.3, -0.25) is 0 Å². The average molecular weight is 393 g/mol. The van der Waals surface area contributed by atoms with Gasteiger partial charge in [-0.15, -0.1) is 5.10 Å². The van der Waals surface area contributed by atoms with E-state index in [0.717, 1.165) is 21.0 Å². The number of methoxy groups -OCH3 is 1. The summed E-state index contributed by atoms with van der Waals surface area (Å²) in [5, 5.41) is 4.73. The van der Waals surface area contributed by atoms with Gasteiger partial charge >= 0.3 is 0 Å². The molecule has 0 bridgehead atoms. The smallest absolute Gasteiger partial charge is 0.160 e. The number of halogens is 1. The highest BCUT2D eigenvalue weighted by Gasteiger charge is 2.11. The Morgan fingerprint density at radius 1 is 1.00 bits per heavy atom. The molecule has 4 nitrogen and oxygen atoms in total. The monoisotopic (exact) mass is 393 g/mol. The maximum atomic E-state index is 5.20. The van der Waals surface area contributed by atoms with Crippen molar-refractivity contribution in [1.82, 2.24) is 14.3 Å². The number of aryl methyl sites for hydroxylation is 2. The van der Waals surface area contributed by atoms with E-state index in [1.807, 2.05) is 28.9 Å². The lowest BCUT2D eigenvalue weighted by molar-refractivity contribution is 0.414. The van der Waals surface area contributed by atoms with Crippen LogP contribution in [0.3, 0.4) is 0 Å². The van der Waals surface area contributed by atoms with Gasteiger partial charge in [0.1, 0.15) is 9.45 Å². The van der Waals surface area contributed by atoms with Crippen LogP contribution in [0.25, 0.3) is 11.5 Å². The van der Waals surface area contributed by atoms with Crippen LogP contribution >= 0.6 is 22.6 Å². The lowest BCUT2D eigenvalue weighted by atomic mass is 10.3. The van der Waals surface area contributed by atoms with Crippen LogP contribution < -0.4 is 4.74 Å². The highest BCUT2D eigenvalue weighted by Crippen LogP contribution is 2.21. The third-order valence-electron chi connectivity index (χ3n) is 3.47. The molecule has 0 saturated carbocycles. The summed E-state index contributed by atoms with van der Waals surface area (Å²) in [6.07, 6.45) is 0. The summed E-state index contributed by atoms with van der Waals surface area (Å²) < 4.78 is 10.4. The Balaban J connectivity index is 2.05. The van der Waals surface area contributed by atoms with Crippen molar-refractivity contribution in [3.8, 4) is 17.3 Å². The van der Waals surface area contributed by atoms with Crippen LogP contribution in [0.4, 0.5) is 0 Å². The molecule has 3 aromatic rings. The Hall–Kier alpha value is -1.76. The van der Waals surface area contributed by atoms with E-state index in [4.69, 9.17) is 9.84 Å². The molecule has 5 heteroatoms. The molecule has 0 spiro atoms. The standard InChI is InChI=1S/C16H16IN3O/c1-11-4-5-12(2)19(11)16-10-15(17)20(18-16)13-6-8-14(21-3)9-7-13/h4-10H,1-3H3. The van der Waals surface area contributed by atoms with E-state index in [1.165, 1.54) is 11.4 Å². The fourth-order valence-electron chi connectivity index (χ4n) is 2.39. The second kappa shape index (κ2) is 5.55. The van der Waals surface area contributed by atoms with Gasteiger partial charge in [-0.2, -0.15) is 0 Å². The van der Waals surface area contributed by atoms with E-state index in [2.05, 4.69) is 59.2 Å². The van der Waals surface area contributed by atoms with E-state index in [1.54, 1.807) is 7.11 Å². The van der Waals surface area contributed by atoms with E-state index < -0.39 is 0 Å². The van der Waals surface area contributed by atoms with Crippen molar-refractivity contribution in [3.05, 3.63) is 57.6 Å². The minimum absolute atomic E-state index is 0.846. The molecule has 0 unspecified atom stereocenters. The maximum Gasteiger partial charge on any atom is 0.160 e. The Morgan fingerprint density at radius 2 is 1.62 bits per heavy atom. The van der Waals surface area contributed by atoms with E-state index >= 15 is 0 Å². The first-order valence-electron chi connectivity index (χ1n) is 6.65. The van der Waals surface area contributed by atoms with Crippen molar-refractivity contribution in [2.75, 3.05) is 7.11 Å². The molecule has 0 fully saturated rings. The third kappa shape index (κ3) is 2.57. The van der Waals surface area contributed by atoms with E-state index in [-0.39, 0.29) is 0 Å². The molecular weight excluding hydrogens is 377 g/mol. The number of nitrogens with zero attached hydrogens (tertiary/aromatic N) is 3. The molecule has 0 saturated heterocycles. The predicted octanol–water partition coefficient (Wildman–Crippen LogP) is 3.89. The van der Waals surface area contributed by atoms with Crippen molar-refractivity contribution in [2.45, 2.75) is 13.8 Å². The molecule has 0 N–H and O–H groups in total. The van der Waals surface area contributed by atoms with Crippen molar-refractivity contribution >= 4 is 22.6 Å². The predicted molar refractivity (Wildman–Crippen MR) is 91.6 cm³/mol. The highest BCUT2D eigenvalue weighted by molar-refractivity contribution is 14.1. The second-order valence-electron chi connectivity index (χ2n) is 4.89. The zero-order chi connectivity index (χ0) is 15.0. The van der Waals surface area contributed by atoms with Crippen LogP contribution in [0.15, 0.2) is 42.5 Å². The van der Waals surface area contributed by atoms with Gasteiger partial charge in [-0.1, -0.05) is 0 Å². The van der Waals surface area contributed by atoms with Crippen LogP contribution in [0.5, 0.6) is 5.75 Å². The average Bonchev–Trinajstić information content (AvgIpc) is 3.02. The summed E-state index contributed by atoms with van der Waals surface area (Å²) in [5.41, 5.74) is 3.39. The summed E-state index contributed by atoms with van der Waals surface area (Å²) >= 11 is 2.31.